The molecule has 4 aliphatic rings. The molecule has 5 heteroatoms. The van der Waals surface area contributed by atoms with Crippen molar-refractivity contribution < 1.29 is 9.47 Å². The molecule has 2 aliphatic carbocycles. The molecule has 0 N–H and O–H groups in total. The summed E-state index contributed by atoms with van der Waals surface area (Å²) >= 11 is 0. The van der Waals surface area contributed by atoms with Gasteiger partial charge in [0.25, 0.3) is 6.71 Å². The van der Waals surface area contributed by atoms with E-state index in [9.17, 15) is 0 Å². The summed E-state index contributed by atoms with van der Waals surface area (Å²) in [6.45, 7) is -0.140. The van der Waals surface area contributed by atoms with E-state index in [0.29, 0.717) is 11.8 Å². The molecule has 308 valence electrons. The van der Waals surface area contributed by atoms with E-state index < -0.39 is 0 Å². The molecule has 2 unspecified atom stereocenters. The quantitative estimate of drug-likeness (QED) is 0.162. The van der Waals surface area contributed by atoms with Crippen molar-refractivity contribution in [1.82, 2.24) is 9.13 Å². The molecule has 4 nitrogen and oxygen atoms in total. The lowest BCUT2D eigenvalue weighted by Crippen LogP contribution is -2.57. The lowest BCUT2D eigenvalue weighted by molar-refractivity contribution is 0.465. The van der Waals surface area contributed by atoms with Crippen LogP contribution in [0.15, 0.2) is 206 Å². The van der Waals surface area contributed by atoms with Crippen LogP contribution in [0.4, 0.5) is 0 Å². The molecule has 2 aliphatic heterocycles. The van der Waals surface area contributed by atoms with Crippen molar-refractivity contribution in [2.24, 2.45) is 5.92 Å². The van der Waals surface area contributed by atoms with Crippen LogP contribution in [-0.4, -0.2) is 15.8 Å². The Balaban J connectivity index is 1.02. The molecular weight excluding hydrogens is 803 g/mol. The van der Waals surface area contributed by atoms with Crippen LogP contribution in [0.3, 0.4) is 0 Å². The average Bonchev–Trinajstić information content (AvgIpc) is 4.04. The zero-order chi connectivity index (χ0) is 43.0. The second kappa shape index (κ2) is 13.6. The number of nitrogens with zero attached hydrogens (tertiary/aromatic N) is 2. The summed E-state index contributed by atoms with van der Waals surface area (Å²) < 4.78 is 19.4. The summed E-state index contributed by atoms with van der Waals surface area (Å²) in [6, 6.07) is 74.8. The van der Waals surface area contributed by atoms with Crippen LogP contribution in [0.25, 0.3) is 78.0 Å². The van der Waals surface area contributed by atoms with Crippen molar-refractivity contribution in [1.29, 1.82) is 0 Å². The van der Waals surface area contributed by atoms with E-state index in [1.54, 1.807) is 0 Å². The number of allylic oxidation sites excluding steroid dienone is 1. The fourth-order valence-corrected chi connectivity index (χ4v) is 11.7. The Bertz CT molecular complexity index is 3840. The van der Waals surface area contributed by atoms with Gasteiger partial charge in [-0.05, 0) is 111 Å². The molecule has 66 heavy (non-hydrogen) atoms. The summed E-state index contributed by atoms with van der Waals surface area (Å²) in [5.74, 6) is 4.37. The highest BCUT2D eigenvalue weighted by Crippen LogP contribution is 2.61. The van der Waals surface area contributed by atoms with Crippen molar-refractivity contribution in [3.8, 4) is 56.6 Å². The maximum atomic E-state index is 7.23. The second-order valence-electron chi connectivity index (χ2n) is 18.4. The third-order valence-electron chi connectivity index (χ3n) is 14.7. The van der Waals surface area contributed by atoms with Crippen LogP contribution in [0.2, 0.25) is 0 Å². The molecule has 15 rings (SSSR count). The zero-order valence-electron chi connectivity index (χ0n) is 35.9. The van der Waals surface area contributed by atoms with Crippen molar-refractivity contribution >= 4 is 67.5 Å². The molecule has 0 bridgehead atoms. The van der Waals surface area contributed by atoms with Gasteiger partial charge in [-0.25, -0.2) is 0 Å². The van der Waals surface area contributed by atoms with Gasteiger partial charge in [-0.1, -0.05) is 146 Å². The number of para-hydroxylation sites is 2. The molecule has 2 atom stereocenters. The molecular formula is C61H39BN2O2. The number of aromatic nitrogens is 2. The molecule has 0 saturated heterocycles. The van der Waals surface area contributed by atoms with E-state index in [4.69, 9.17) is 9.47 Å². The Morgan fingerprint density at radius 2 is 0.909 bits per heavy atom. The third-order valence-corrected chi connectivity index (χ3v) is 14.7. The first-order valence-electron chi connectivity index (χ1n) is 23.1. The molecule has 9 aromatic carbocycles. The van der Waals surface area contributed by atoms with Crippen LogP contribution in [-0.2, 0) is 0 Å². The minimum atomic E-state index is -0.140. The number of hydrogen-bond acceptors (Lipinski definition) is 2. The first-order valence-corrected chi connectivity index (χ1v) is 23.1. The Labute approximate surface area is 382 Å². The van der Waals surface area contributed by atoms with Crippen molar-refractivity contribution in [3.63, 3.8) is 0 Å². The standard InChI is InChI=1S/C61H39BN2O2/c1-6-16-37(17-7-1)40-26-27-53-46(28-40)47-33-51-56(35-54(47)63(53)42-22-12-4-13-23-42)65-58-29-41(38-18-8-2-9-19-38)30-59-60(58)62(51)52-34-48-50-31-44(39-20-10-3-11-21-39)45-32-49(45)61(50)64(43-24-14-5-15-25-43)55(48)36-57(52)66-59/h1-31,33-36,45,49H,32H2. The predicted octanol–water partition coefficient (Wildman–Crippen LogP) is 13.4. The number of rotatable bonds is 5. The van der Waals surface area contributed by atoms with Crippen LogP contribution < -0.4 is 25.9 Å². The normalized spacial score (nSPS) is 16.1. The van der Waals surface area contributed by atoms with Gasteiger partial charge >= 0.3 is 0 Å². The van der Waals surface area contributed by atoms with Gasteiger partial charge in [0.15, 0.2) is 0 Å². The first kappa shape index (κ1) is 36.1. The molecule has 11 aromatic rings. The van der Waals surface area contributed by atoms with Gasteiger partial charge in [0, 0.05) is 62.3 Å². The predicted molar refractivity (Wildman–Crippen MR) is 271 cm³/mol. The first-order chi connectivity index (χ1) is 32.7. The van der Waals surface area contributed by atoms with Gasteiger partial charge in [0.1, 0.15) is 23.0 Å². The van der Waals surface area contributed by atoms with E-state index in [-0.39, 0.29) is 6.71 Å². The minimum absolute atomic E-state index is 0.140. The van der Waals surface area contributed by atoms with E-state index in [0.717, 1.165) is 73.7 Å². The van der Waals surface area contributed by atoms with E-state index in [1.165, 1.54) is 60.9 Å². The average molecular weight is 843 g/mol. The maximum absolute atomic E-state index is 7.23. The number of hydrogen-bond donors (Lipinski definition) is 0. The van der Waals surface area contributed by atoms with Crippen LogP contribution >= 0.6 is 0 Å². The second-order valence-corrected chi connectivity index (χ2v) is 18.4. The number of fused-ring (bicyclic) bond motifs is 12. The highest BCUT2D eigenvalue weighted by Gasteiger charge is 2.48. The largest absolute Gasteiger partial charge is 0.458 e. The Kier molecular flexibility index (Phi) is 7.45. The fraction of sp³-hybridized carbons (Fsp3) is 0.0492. The smallest absolute Gasteiger partial charge is 0.260 e. The highest BCUT2D eigenvalue weighted by molar-refractivity contribution is 6.98. The van der Waals surface area contributed by atoms with Crippen molar-refractivity contribution in [2.75, 3.05) is 0 Å². The van der Waals surface area contributed by atoms with Crippen LogP contribution in [0.5, 0.6) is 23.0 Å². The Morgan fingerprint density at radius 1 is 0.394 bits per heavy atom. The summed E-state index contributed by atoms with van der Waals surface area (Å²) in [5, 5.41) is 3.65. The molecule has 0 spiro atoms. The van der Waals surface area contributed by atoms with Gasteiger partial charge < -0.3 is 18.6 Å². The summed E-state index contributed by atoms with van der Waals surface area (Å²) in [5.41, 5.74) is 19.2. The topological polar surface area (TPSA) is 28.3 Å². The minimum Gasteiger partial charge on any atom is -0.458 e. The summed E-state index contributed by atoms with van der Waals surface area (Å²) in [6.07, 6.45) is 3.66. The molecule has 1 fully saturated rings. The van der Waals surface area contributed by atoms with E-state index in [2.05, 4.69) is 221 Å². The summed E-state index contributed by atoms with van der Waals surface area (Å²) in [4.78, 5) is 0. The van der Waals surface area contributed by atoms with Gasteiger partial charge in [-0.2, -0.15) is 0 Å². The molecule has 1 saturated carbocycles. The van der Waals surface area contributed by atoms with Crippen LogP contribution in [0, 0.1) is 5.92 Å². The fourth-order valence-electron chi connectivity index (χ4n) is 11.7. The SMILES string of the molecule is C1=C(c2ccccc2)C2CC2c2c1c1cc3c(cc1n2-c1ccccc1)Oc1cc(-c2ccccc2)cc2c1B3c1cc3c4cc(-c5ccccc5)ccc4n(-c4ccccc4)c3cc1O2. The molecule has 0 amide bonds. The lowest BCUT2D eigenvalue weighted by Gasteiger charge is -2.33. The van der Waals surface area contributed by atoms with Gasteiger partial charge in [-0.3, -0.25) is 0 Å². The van der Waals surface area contributed by atoms with Crippen LogP contribution in [0.1, 0.15) is 29.2 Å². The van der Waals surface area contributed by atoms with E-state index in [1.807, 2.05) is 0 Å². The maximum Gasteiger partial charge on any atom is 0.260 e. The number of ether oxygens (including phenoxy) is 2. The van der Waals surface area contributed by atoms with Crippen molar-refractivity contribution in [2.45, 2.75) is 12.3 Å². The van der Waals surface area contributed by atoms with Gasteiger partial charge in [0.05, 0.1) is 16.6 Å². The van der Waals surface area contributed by atoms with E-state index >= 15 is 0 Å². The number of benzene rings is 9. The Morgan fingerprint density at radius 3 is 1.53 bits per heavy atom. The lowest BCUT2D eigenvalue weighted by atomic mass is 9.34. The van der Waals surface area contributed by atoms with Gasteiger partial charge in [0.2, 0.25) is 0 Å². The molecule has 4 heterocycles. The van der Waals surface area contributed by atoms with Gasteiger partial charge in [-0.15, -0.1) is 0 Å². The van der Waals surface area contributed by atoms with Crippen molar-refractivity contribution in [3.05, 3.63) is 223 Å². The Hall–Kier alpha value is -8.28. The third kappa shape index (κ3) is 5.22. The molecule has 0 radical (unpaired) electrons. The molecule has 2 aromatic heterocycles. The highest BCUT2D eigenvalue weighted by atomic mass is 16.5. The monoisotopic (exact) mass is 842 g/mol. The zero-order valence-corrected chi connectivity index (χ0v) is 35.9. The summed E-state index contributed by atoms with van der Waals surface area (Å²) in [7, 11) is 0.